The summed E-state index contributed by atoms with van der Waals surface area (Å²) in [7, 11) is -3.81. The molecule has 0 radical (unpaired) electrons. The van der Waals surface area contributed by atoms with Crippen LogP contribution in [0.25, 0.3) is 0 Å². The highest BCUT2D eigenvalue weighted by Gasteiger charge is 2.36. The molecule has 1 aromatic heterocycles. The normalized spacial score (nSPS) is 12.6. The lowest BCUT2D eigenvalue weighted by Gasteiger charge is -2.30. The second-order valence-corrected chi connectivity index (χ2v) is 6.76. The van der Waals surface area contributed by atoms with Gasteiger partial charge in [0, 0.05) is 12.7 Å². The maximum atomic E-state index is 12.5. The molecule has 0 aliphatic rings. The summed E-state index contributed by atoms with van der Waals surface area (Å²) in [6.45, 7) is 8.10. The Hall–Kier alpha value is -1.41. The van der Waals surface area contributed by atoms with E-state index in [-0.39, 0.29) is 10.9 Å². The number of sulfonamides is 1. The van der Waals surface area contributed by atoms with Gasteiger partial charge in [0.1, 0.15) is 11.7 Å². The topological polar surface area (TPSA) is 114 Å². The van der Waals surface area contributed by atoms with E-state index in [4.69, 9.17) is 11.1 Å². The van der Waals surface area contributed by atoms with Crippen molar-refractivity contribution < 1.29 is 8.42 Å². The van der Waals surface area contributed by atoms with Gasteiger partial charge in [0.2, 0.25) is 0 Å². The summed E-state index contributed by atoms with van der Waals surface area (Å²) < 4.78 is 29.4. The van der Waals surface area contributed by atoms with Crippen LogP contribution in [0.1, 0.15) is 45.9 Å². The first kappa shape index (κ1) is 17.6. The van der Waals surface area contributed by atoms with Gasteiger partial charge >= 0.3 is 0 Å². The van der Waals surface area contributed by atoms with Gasteiger partial charge in [-0.3, -0.25) is 5.41 Å². The molecule has 0 unspecified atom stereocenters. The summed E-state index contributed by atoms with van der Waals surface area (Å²) in [6, 6.07) is 0. The number of amidine groups is 1. The Morgan fingerprint density at radius 2 is 2.00 bits per heavy atom. The van der Waals surface area contributed by atoms with Gasteiger partial charge in [-0.25, -0.2) is 13.4 Å². The van der Waals surface area contributed by atoms with Gasteiger partial charge in [0.25, 0.3) is 10.0 Å². The highest BCUT2D eigenvalue weighted by Crippen LogP contribution is 2.19. The molecule has 1 heterocycles. The maximum Gasteiger partial charge on any atom is 0.260 e. The minimum atomic E-state index is -3.81. The van der Waals surface area contributed by atoms with Crippen molar-refractivity contribution in [1.82, 2.24) is 14.3 Å². The van der Waals surface area contributed by atoms with Crippen molar-refractivity contribution in [3.05, 3.63) is 12.0 Å². The Kier molecular flexibility index (Phi) is 5.52. The standard InChI is InChI=1S/C13H25N5O2S/c1-5-8-18-9-11(16-10(18)4)21(19,20)17-13(6-2,7-3)12(14)15/h9,17H,5-8H2,1-4H3,(H3,14,15). The molecule has 120 valence electrons. The first-order valence-electron chi connectivity index (χ1n) is 7.14. The van der Waals surface area contributed by atoms with E-state index in [0.717, 1.165) is 6.42 Å². The first-order valence-corrected chi connectivity index (χ1v) is 8.63. The number of hydrogen-bond acceptors (Lipinski definition) is 4. The quantitative estimate of drug-likeness (QED) is 0.496. The summed E-state index contributed by atoms with van der Waals surface area (Å²) in [5.74, 6) is 0.472. The highest BCUT2D eigenvalue weighted by atomic mass is 32.2. The highest BCUT2D eigenvalue weighted by molar-refractivity contribution is 7.89. The first-order chi connectivity index (χ1) is 9.72. The van der Waals surface area contributed by atoms with Crippen molar-refractivity contribution in [2.75, 3.05) is 0 Å². The van der Waals surface area contributed by atoms with E-state index < -0.39 is 15.6 Å². The van der Waals surface area contributed by atoms with E-state index in [1.54, 1.807) is 20.8 Å². The average Bonchev–Trinajstić information content (AvgIpc) is 2.79. The fourth-order valence-corrected chi connectivity index (χ4v) is 3.75. The molecule has 1 aromatic rings. The number of imidazole rings is 1. The molecule has 8 heteroatoms. The molecule has 0 aliphatic heterocycles. The van der Waals surface area contributed by atoms with Crippen molar-refractivity contribution in [2.45, 2.75) is 64.1 Å². The van der Waals surface area contributed by atoms with Crippen LogP contribution in [0.5, 0.6) is 0 Å². The summed E-state index contributed by atoms with van der Waals surface area (Å²) >= 11 is 0. The fraction of sp³-hybridized carbons (Fsp3) is 0.692. The number of aryl methyl sites for hydroxylation is 2. The Bertz CT molecular complexity index is 602. The van der Waals surface area contributed by atoms with E-state index in [1.165, 1.54) is 6.20 Å². The third-order valence-corrected chi connectivity index (χ3v) is 5.15. The molecule has 0 amide bonds. The second kappa shape index (κ2) is 6.57. The average molecular weight is 315 g/mol. The fourth-order valence-electron chi connectivity index (χ4n) is 2.22. The number of nitrogens with two attached hydrogens (primary N) is 1. The molecule has 21 heavy (non-hydrogen) atoms. The lowest BCUT2D eigenvalue weighted by molar-refractivity contribution is 0.457. The van der Waals surface area contributed by atoms with Crippen LogP contribution in [0.2, 0.25) is 0 Å². The summed E-state index contributed by atoms with van der Waals surface area (Å²) in [4.78, 5) is 4.11. The molecule has 0 aromatic carbocycles. The van der Waals surface area contributed by atoms with Gasteiger partial charge in [-0.2, -0.15) is 4.72 Å². The number of aromatic nitrogens is 2. The number of rotatable bonds is 8. The molecule has 0 spiro atoms. The van der Waals surface area contributed by atoms with E-state index in [9.17, 15) is 8.42 Å². The van der Waals surface area contributed by atoms with Crippen LogP contribution in [0.4, 0.5) is 0 Å². The van der Waals surface area contributed by atoms with Gasteiger partial charge in [0.05, 0.1) is 5.54 Å². The molecule has 0 fully saturated rings. The number of hydrogen-bond donors (Lipinski definition) is 3. The van der Waals surface area contributed by atoms with Crippen molar-refractivity contribution in [3.8, 4) is 0 Å². The molecule has 1 rings (SSSR count). The zero-order chi connectivity index (χ0) is 16.3. The van der Waals surface area contributed by atoms with Crippen LogP contribution in [0, 0.1) is 12.3 Å². The summed E-state index contributed by atoms with van der Waals surface area (Å²) in [5.41, 5.74) is 4.54. The van der Waals surface area contributed by atoms with Crippen molar-refractivity contribution >= 4 is 15.9 Å². The monoisotopic (exact) mass is 315 g/mol. The van der Waals surface area contributed by atoms with Crippen LogP contribution in [0.15, 0.2) is 11.2 Å². The minimum Gasteiger partial charge on any atom is -0.386 e. The molecule has 0 atom stereocenters. The van der Waals surface area contributed by atoms with E-state index in [1.807, 2.05) is 11.5 Å². The molecule has 7 nitrogen and oxygen atoms in total. The van der Waals surface area contributed by atoms with E-state index >= 15 is 0 Å². The smallest absolute Gasteiger partial charge is 0.260 e. The van der Waals surface area contributed by atoms with Gasteiger partial charge in [-0.05, 0) is 26.2 Å². The van der Waals surface area contributed by atoms with Crippen molar-refractivity contribution in [3.63, 3.8) is 0 Å². The lowest BCUT2D eigenvalue weighted by Crippen LogP contribution is -2.56. The van der Waals surface area contributed by atoms with Crippen molar-refractivity contribution in [1.29, 1.82) is 5.41 Å². The predicted molar refractivity (Wildman–Crippen MR) is 82.8 cm³/mol. The summed E-state index contributed by atoms with van der Waals surface area (Å²) in [5, 5.41) is 7.65. The number of nitrogens with one attached hydrogen (secondary N) is 2. The lowest BCUT2D eigenvalue weighted by atomic mass is 9.93. The Balaban J connectivity index is 3.16. The molecular weight excluding hydrogens is 290 g/mol. The molecular formula is C13H25N5O2S. The van der Waals surface area contributed by atoms with E-state index in [0.29, 0.717) is 25.2 Å². The Labute approximate surface area is 126 Å². The number of nitrogens with zero attached hydrogens (tertiary/aromatic N) is 2. The van der Waals surface area contributed by atoms with Crippen LogP contribution >= 0.6 is 0 Å². The van der Waals surface area contributed by atoms with Crippen LogP contribution in [0.3, 0.4) is 0 Å². The maximum absolute atomic E-state index is 12.5. The van der Waals surface area contributed by atoms with Gasteiger partial charge in [-0.1, -0.05) is 20.8 Å². The molecule has 0 saturated heterocycles. The third kappa shape index (κ3) is 3.62. The Morgan fingerprint density at radius 1 is 1.43 bits per heavy atom. The predicted octanol–water partition coefficient (Wildman–Crippen LogP) is 1.37. The zero-order valence-electron chi connectivity index (χ0n) is 13.1. The van der Waals surface area contributed by atoms with Crippen LogP contribution < -0.4 is 10.5 Å². The van der Waals surface area contributed by atoms with Gasteiger partial charge in [0.15, 0.2) is 5.03 Å². The molecule has 0 aliphatic carbocycles. The zero-order valence-corrected chi connectivity index (χ0v) is 13.9. The van der Waals surface area contributed by atoms with Crippen molar-refractivity contribution in [2.24, 2.45) is 5.73 Å². The third-order valence-electron chi connectivity index (χ3n) is 3.75. The SMILES string of the molecule is CCCn1cc(S(=O)(=O)NC(CC)(CC)C(=N)N)nc1C. The summed E-state index contributed by atoms with van der Waals surface area (Å²) in [6.07, 6.45) is 3.24. The van der Waals surface area contributed by atoms with Crippen LogP contribution in [-0.4, -0.2) is 29.3 Å². The van der Waals surface area contributed by atoms with Gasteiger partial charge in [-0.15, -0.1) is 0 Å². The largest absolute Gasteiger partial charge is 0.386 e. The van der Waals surface area contributed by atoms with Gasteiger partial charge < -0.3 is 10.3 Å². The van der Waals surface area contributed by atoms with E-state index in [2.05, 4.69) is 9.71 Å². The molecule has 4 N–H and O–H groups in total. The Morgan fingerprint density at radius 3 is 2.43 bits per heavy atom. The molecule has 0 bridgehead atoms. The minimum absolute atomic E-state index is 0.0269. The van der Waals surface area contributed by atoms with Crippen LogP contribution in [-0.2, 0) is 16.6 Å². The molecule has 0 saturated carbocycles. The second-order valence-electron chi connectivity index (χ2n) is 5.13.